The minimum absolute atomic E-state index is 0.438. The molecule has 4 nitrogen and oxygen atoms in total. The summed E-state index contributed by atoms with van der Waals surface area (Å²) < 4.78 is 10.8. The molecular weight excluding hydrogens is 240 g/mol. The minimum Gasteiger partial charge on any atom is -0.381 e. The van der Waals surface area contributed by atoms with Crippen LogP contribution in [0.1, 0.15) is 12.8 Å². The van der Waals surface area contributed by atoms with Crippen molar-refractivity contribution in [1.29, 1.82) is 0 Å². The summed E-state index contributed by atoms with van der Waals surface area (Å²) in [6.07, 6.45) is 2.65. The Morgan fingerprint density at radius 1 is 1.21 bits per heavy atom. The van der Waals surface area contributed by atoms with Crippen molar-refractivity contribution in [3.05, 3.63) is 24.3 Å². The lowest BCUT2D eigenvalue weighted by Gasteiger charge is -2.37. The highest BCUT2D eigenvalue weighted by Crippen LogP contribution is 2.31. The fourth-order valence-electron chi connectivity index (χ4n) is 2.77. The van der Waals surface area contributed by atoms with E-state index in [0.29, 0.717) is 12.1 Å². The lowest BCUT2D eigenvalue weighted by atomic mass is 9.89. The van der Waals surface area contributed by atoms with E-state index >= 15 is 0 Å². The zero-order valence-corrected chi connectivity index (χ0v) is 11.5. The van der Waals surface area contributed by atoms with Gasteiger partial charge in [-0.05, 0) is 25.0 Å². The van der Waals surface area contributed by atoms with E-state index in [2.05, 4.69) is 34.5 Å². The summed E-state index contributed by atoms with van der Waals surface area (Å²) in [4.78, 5) is 2.40. The van der Waals surface area contributed by atoms with E-state index in [-0.39, 0.29) is 0 Å². The Bertz CT molecular complexity index is 412. The molecule has 1 saturated carbocycles. The molecule has 4 heteroatoms. The van der Waals surface area contributed by atoms with Crippen molar-refractivity contribution >= 4 is 11.4 Å². The van der Waals surface area contributed by atoms with Crippen molar-refractivity contribution in [2.24, 2.45) is 0 Å². The first-order valence-electron chi connectivity index (χ1n) is 7.08. The summed E-state index contributed by atoms with van der Waals surface area (Å²) in [7, 11) is 1.79. The third-order valence-electron chi connectivity index (χ3n) is 4.04. The molecule has 19 heavy (non-hydrogen) atoms. The maximum absolute atomic E-state index is 5.42. The molecule has 2 fully saturated rings. The van der Waals surface area contributed by atoms with Gasteiger partial charge in [0.05, 0.1) is 30.7 Å². The molecule has 0 bridgehead atoms. The van der Waals surface area contributed by atoms with Crippen LogP contribution in [0.15, 0.2) is 24.3 Å². The van der Waals surface area contributed by atoms with Crippen LogP contribution in [0.5, 0.6) is 0 Å². The largest absolute Gasteiger partial charge is 0.381 e. The van der Waals surface area contributed by atoms with Crippen LogP contribution in [0, 0.1) is 0 Å². The van der Waals surface area contributed by atoms with Gasteiger partial charge in [0.1, 0.15) is 0 Å². The standard InChI is InChI=1S/C15H22N2O2/c1-18-13-10-12(11-13)16-14-4-2-3-5-15(14)17-6-8-19-9-7-17/h2-5,12-13,16H,6-11H2,1H3. The number of morpholine rings is 1. The van der Waals surface area contributed by atoms with E-state index in [1.807, 2.05) is 0 Å². The van der Waals surface area contributed by atoms with E-state index in [4.69, 9.17) is 9.47 Å². The normalized spacial score (nSPS) is 26.9. The highest BCUT2D eigenvalue weighted by atomic mass is 16.5. The fourth-order valence-corrected chi connectivity index (χ4v) is 2.77. The van der Waals surface area contributed by atoms with Gasteiger partial charge in [0.15, 0.2) is 0 Å². The average molecular weight is 262 g/mol. The van der Waals surface area contributed by atoms with Crippen LogP contribution in [0.2, 0.25) is 0 Å². The molecule has 2 aliphatic rings. The highest BCUT2D eigenvalue weighted by Gasteiger charge is 2.29. The number of nitrogens with one attached hydrogen (secondary N) is 1. The quantitative estimate of drug-likeness (QED) is 0.901. The van der Waals surface area contributed by atoms with Gasteiger partial charge >= 0.3 is 0 Å². The maximum Gasteiger partial charge on any atom is 0.0642 e. The molecule has 1 saturated heterocycles. The van der Waals surface area contributed by atoms with Crippen LogP contribution < -0.4 is 10.2 Å². The smallest absolute Gasteiger partial charge is 0.0642 e. The zero-order chi connectivity index (χ0) is 13.1. The van der Waals surface area contributed by atoms with Gasteiger partial charge in [0, 0.05) is 26.2 Å². The minimum atomic E-state index is 0.438. The van der Waals surface area contributed by atoms with E-state index in [1.54, 1.807) is 7.11 Å². The first-order chi connectivity index (χ1) is 9.36. The summed E-state index contributed by atoms with van der Waals surface area (Å²) in [5.41, 5.74) is 2.54. The molecule has 0 aromatic heterocycles. The molecule has 0 radical (unpaired) electrons. The average Bonchev–Trinajstić information content (AvgIpc) is 2.44. The third kappa shape index (κ3) is 2.85. The number of para-hydroxylation sites is 2. The molecule has 1 aliphatic heterocycles. The predicted octanol–water partition coefficient (Wildman–Crippen LogP) is 2.11. The summed E-state index contributed by atoms with van der Waals surface area (Å²) >= 11 is 0. The number of rotatable bonds is 4. The maximum atomic E-state index is 5.42. The number of nitrogens with zero attached hydrogens (tertiary/aromatic N) is 1. The Morgan fingerprint density at radius 3 is 2.68 bits per heavy atom. The van der Waals surface area contributed by atoms with Gasteiger partial charge in [-0.3, -0.25) is 0 Å². The molecule has 0 amide bonds. The highest BCUT2D eigenvalue weighted by molar-refractivity contribution is 5.70. The van der Waals surface area contributed by atoms with E-state index in [9.17, 15) is 0 Å². The molecule has 1 aromatic rings. The fraction of sp³-hybridized carbons (Fsp3) is 0.600. The summed E-state index contributed by atoms with van der Waals surface area (Å²) in [6, 6.07) is 9.12. The first kappa shape index (κ1) is 12.8. The number of methoxy groups -OCH3 is 1. The molecule has 0 unspecified atom stereocenters. The van der Waals surface area contributed by atoms with Crippen LogP contribution in [0.4, 0.5) is 11.4 Å². The van der Waals surface area contributed by atoms with Crippen molar-refractivity contribution in [3.63, 3.8) is 0 Å². The first-order valence-corrected chi connectivity index (χ1v) is 7.08. The zero-order valence-electron chi connectivity index (χ0n) is 11.5. The molecule has 1 heterocycles. The summed E-state index contributed by atoms with van der Waals surface area (Å²) in [5.74, 6) is 0. The molecule has 104 valence electrons. The van der Waals surface area contributed by atoms with Crippen LogP contribution in [-0.2, 0) is 9.47 Å². The van der Waals surface area contributed by atoms with Crippen molar-refractivity contribution in [1.82, 2.24) is 0 Å². The van der Waals surface area contributed by atoms with Gasteiger partial charge in [-0.2, -0.15) is 0 Å². The number of ether oxygens (including phenoxy) is 2. The summed E-state index contributed by atoms with van der Waals surface area (Å²) in [6.45, 7) is 3.60. The summed E-state index contributed by atoms with van der Waals surface area (Å²) in [5, 5.41) is 3.65. The van der Waals surface area contributed by atoms with Crippen LogP contribution in [0.25, 0.3) is 0 Å². The second-order valence-electron chi connectivity index (χ2n) is 5.29. The van der Waals surface area contributed by atoms with E-state index in [1.165, 1.54) is 11.4 Å². The third-order valence-corrected chi connectivity index (χ3v) is 4.04. The molecule has 0 atom stereocenters. The Kier molecular flexibility index (Phi) is 3.89. The van der Waals surface area contributed by atoms with Gasteiger partial charge in [-0.1, -0.05) is 12.1 Å². The Hall–Kier alpha value is -1.26. The van der Waals surface area contributed by atoms with Gasteiger partial charge in [-0.15, -0.1) is 0 Å². The van der Waals surface area contributed by atoms with Crippen molar-refractivity contribution in [2.45, 2.75) is 25.0 Å². The second-order valence-corrected chi connectivity index (χ2v) is 5.29. The number of benzene rings is 1. The second kappa shape index (κ2) is 5.80. The lowest BCUT2D eigenvalue weighted by molar-refractivity contribution is 0.0329. The van der Waals surface area contributed by atoms with Gasteiger partial charge in [0.25, 0.3) is 0 Å². The van der Waals surface area contributed by atoms with Crippen LogP contribution in [0.3, 0.4) is 0 Å². The van der Waals surface area contributed by atoms with Crippen LogP contribution >= 0.6 is 0 Å². The molecular formula is C15H22N2O2. The SMILES string of the molecule is COC1CC(Nc2ccccc2N2CCOCC2)C1. The number of anilines is 2. The number of hydrogen-bond donors (Lipinski definition) is 1. The van der Waals surface area contributed by atoms with Gasteiger partial charge in [-0.25, -0.2) is 0 Å². The molecule has 0 spiro atoms. The topological polar surface area (TPSA) is 33.7 Å². The van der Waals surface area contributed by atoms with Crippen molar-refractivity contribution in [2.75, 3.05) is 43.6 Å². The van der Waals surface area contributed by atoms with Crippen LogP contribution in [-0.4, -0.2) is 45.6 Å². The van der Waals surface area contributed by atoms with Crippen molar-refractivity contribution in [3.8, 4) is 0 Å². The van der Waals surface area contributed by atoms with Gasteiger partial charge in [0.2, 0.25) is 0 Å². The Morgan fingerprint density at radius 2 is 1.95 bits per heavy atom. The predicted molar refractivity (Wildman–Crippen MR) is 76.9 cm³/mol. The molecule has 1 aliphatic carbocycles. The molecule has 1 N–H and O–H groups in total. The van der Waals surface area contributed by atoms with Crippen molar-refractivity contribution < 1.29 is 9.47 Å². The van der Waals surface area contributed by atoms with Gasteiger partial charge < -0.3 is 19.7 Å². The monoisotopic (exact) mass is 262 g/mol. The Labute approximate surface area is 114 Å². The lowest BCUT2D eigenvalue weighted by Crippen LogP contribution is -2.41. The van der Waals surface area contributed by atoms with E-state index < -0.39 is 0 Å². The number of hydrogen-bond acceptors (Lipinski definition) is 4. The Balaban J connectivity index is 1.67. The van der Waals surface area contributed by atoms with E-state index in [0.717, 1.165) is 39.1 Å². The molecule has 1 aromatic carbocycles. The molecule has 3 rings (SSSR count).